The molecule has 0 atom stereocenters. The number of hydrogen-bond acceptors (Lipinski definition) is 3. The Kier molecular flexibility index (Phi) is 7.69. The lowest BCUT2D eigenvalue weighted by Crippen LogP contribution is -2.24. The lowest BCUT2D eigenvalue weighted by Gasteiger charge is -2.18. The molecule has 0 aromatic heterocycles. The van der Waals surface area contributed by atoms with Crippen molar-refractivity contribution in [3.63, 3.8) is 0 Å². The molecule has 0 fully saturated rings. The van der Waals surface area contributed by atoms with Crippen LogP contribution in [0, 0.1) is 0 Å². The summed E-state index contributed by atoms with van der Waals surface area (Å²) in [7, 11) is 0. The Bertz CT molecular complexity index is 772. The molecule has 0 bridgehead atoms. The van der Waals surface area contributed by atoms with Crippen LogP contribution in [0.4, 0.5) is 18.9 Å². The molecule has 0 spiro atoms. The number of ether oxygens (including phenoxy) is 1. The molecule has 152 valence electrons. The number of aliphatic imine (C=N–C) groups is 1. The van der Waals surface area contributed by atoms with E-state index in [1.165, 1.54) is 23.8 Å². The van der Waals surface area contributed by atoms with Crippen molar-refractivity contribution in [1.29, 1.82) is 0 Å². The Balaban J connectivity index is 1.98. The van der Waals surface area contributed by atoms with Crippen molar-refractivity contribution in [1.82, 2.24) is 4.90 Å². The molecule has 0 saturated heterocycles. The molecule has 2 aromatic carbocycles. The number of nitrogens with one attached hydrogen (secondary N) is 1. The van der Waals surface area contributed by atoms with Crippen molar-refractivity contribution in [2.75, 3.05) is 18.4 Å². The van der Waals surface area contributed by atoms with E-state index in [4.69, 9.17) is 5.73 Å². The fourth-order valence-electron chi connectivity index (χ4n) is 2.59. The number of nitrogens with zero attached hydrogens (tertiary/aromatic N) is 2. The summed E-state index contributed by atoms with van der Waals surface area (Å²) >= 11 is 0. The van der Waals surface area contributed by atoms with Crippen molar-refractivity contribution in [2.24, 2.45) is 10.7 Å². The van der Waals surface area contributed by atoms with Gasteiger partial charge in [0.15, 0.2) is 11.7 Å². The van der Waals surface area contributed by atoms with Crippen LogP contribution in [-0.2, 0) is 13.1 Å². The van der Waals surface area contributed by atoms with E-state index in [0.29, 0.717) is 6.54 Å². The summed E-state index contributed by atoms with van der Waals surface area (Å²) in [4.78, 5) is 6.50. The van der Waals surface area contributed by atoms with Gasteiger partial charge in [0.2, 0.25) is 0 Å². The summed E-state index contributed by atoms with van der Waals surface area (Å²) in [6.45, 7) is 7.43. The molecule has 0 radical (unpaired) electrons. The number of benzene rings is 2. The molecule has 0 aliphatic heterocycles. The highest BCUT2D eigenvalue weighted by atomic mass is 19.4. The highest BCUT2D eigenvalue weighted by Crippen LogP contribution is 2.29. The van der Waals surface area contributed by atoms with Gasteiger partial charge in [0.1, 0.15) is 0 Å². The van der Waals surface area contributed by atoms with Gasteiger partial charge in [-0.2, -0.15) is 0 Å². The zero-order chi connectivity index (χ0) is 20.6. The van der Waals surface area contributed by atoms with E-state index in [-0.39, 0.29) is 17.4 Å². The Labute approximate surface area is 163 Å². The summed E-state index contributed by atoms with van der Waals surface area (Å²) in [5.74, 6) is -0.362. The lowest BCUT2D eigenvalue weighted by atomic mass is 10.1. The average molecular weight is 394 g/mol. The predicted molar refractivity (Wildman–Crippen MR) is 105 cm³/mol. The Morgan fingerprint density at radius 3 is 2.25 bits per heavy atom. The Morgan fingerprint density at radius 1 is 1.04 bits per heavy atom. The molecule has 0 heterocycles. The van der Waals surface area contributed by atoms with E-state index in [1.54, 1.807) is 6.07 Å². The first-order valence-electron chi connectivity index (χ1n) is 9.02. The van der Waals surface area contributed by atoms with Crippen LogP contribution in [0.5, 0.6) is 5.75 Å². The first-order chi connectivity index (χ1) is 13.3. The summed E-state index contributed by atoms with van der Waals surface area (Å²) in [5.41, 5.74) is 8.07. The lowest BCUT2D eigenvalue weighted by molar-refractivity contribution is -0.274. The third kappa shape index (κ3) is 7.11. The maximum atomic E-state index is 12.5. The van der Waals surface area contributed by atoms with E-state index < -0.39 is 6.36 Å². The van der Waals surface area contributed by atoms with E-state index in [9.17, 15) is 13.2 Å². The smallest absolute Gasteiger partial charge is 0.404 e. The van der Waals surface area contributed by atoms with Crippen molar-refractivity contribution in [2.45, 2.75) is 33.3 Å². The highest BCUT2D eigenvalue weighted by molar-refractivity contribution is 5.93. The number of guanidine groups is 1. The van der Waals surface area contributed by atoms with Crippen molar-refractivity contribution < 1.29 is 17.9 Å². The molecule has 2 aromatic rings. The topological polar surface area (TPSA) is 62.9 Å². The van der Waals surface area contributed by atoms with Gasteiger partial charge in [-0.15, -0.1) is 13.2 Å². The molecule has 5 nitrogen and oxygen atoms in total. The van der Waals surface area contributed by atoms with Crippen LogP contribution in [-0.4, -0.2) is 30.3 Å². The standard InChI is InChI=1S/C20H25F3N4O/c1-3-27(4-2)14-16-11-9-15(10-12-16)13-25-19(24)26-17-7-5-6-8-18(17)28-20(21,22)23/h5-12H,3-4,13-14H2,1-2H3,(H3,24,25,26). The second-order valence-corrected chi connectivity index (χ2v) is 6.15. The number of hydrogen-bond donors (Lipinski definition) is 2. The SMILES string of the molecule is CCN(CC)Cc1ccc(CN=C(N)Nc2ccccc2OC(F)(F)F)cc1. The first-order valence-corrected chi connectivity index (χ1v) is 9.02. The number of rotatable bonds is 8. The van der Waals surface area contributed by atoms with Gasteiger partial charge in [-0.1, -0.05) is 50.2 Å². The van der Waals surface area contributed by atoms with Crippen LogP contribution < -0.4 is 15.8 Å². The number of halogens is 3. The van der Waals surface area contributed by atoms with Gasteiger partial charge in [0, 0.05) is 6.54 Å². The normalized spacial score (nSPS) is 12.3. The zero-order valence-electron chi connectivity index (χ0n) is 16.0. The van der Waals surface area contributed by atoms with Crippen LogP contribution in [0.25, 0.3) is 0 Å². The van der Waals surface area contributed by atoms with E-state index in [2.05, 4.69) is 33.8 Å². The summed E-state index contributed by atoms with van der Waals surface area (Å²) in [5, 5.41) is 2.65. The monoisotopic (exact) mass is 394 g/mol. The molecule has 3 N–H and O–H groups in total. The van der Waals surface area contributed by atoms with Crippen LogP contribution in [0.1, 0.15) is 25.0 Å². The van der Waals surface area contributed by atoms with E-state index in [0.717, 1.165) is 25.2 Å². The number of alkyl halides is 3. The summed E-state index contributed by atoms with van der Waals surface area (Å²) in [6, 6.07) is 13.7. The van der Waals surface area contributed by atoms with E-state index in [1.807, 2.05) is 24.3 Å². The minimum atomic E-state index is -4.78. The fourth-order valence-corrected chi connectivity index (χ4v) is 2.59. The minimum Gasteiger partial charge on any atom is -0.404 e. The second kappa shape index (κ2) is 9.98. The summed E-state index contributed by atoms with van der Waals surface area (Å²) < 4.78 is 41.4. The quantitative estimate of drug-likeness (QED) is 0.516. The molecular formula is C20H25F3N4O. The third-order valence-electron chi connectivity index (χ3n) is 4.13. The van der Waals surface area contributed by atoms with E-state index >= 15 is 0 Å². The van der Waals surface area contributed by atoms with Crippen LogP contribution >= 0.6 is 0 Å². The molecule has 0 aliphatic rings. The van der Waals surface area contributed by atoms with Gasteiger partial charge in [-0.25, -0.2) is 4.99 Å². The highest BCUT2D eigenvalue weighted by Gasteiger charge is 2.32. The average Bonchev–Trinajstić information content (AvgIpc) is 2.66. The van der Waals surface area contributed by atoms with Crippen molar-refractivity contribution in [3.05, 3.63) is 59.7 Å². The number of para-hydroxylation sites is 2. The molecule has 28 heavy (non-hydrogen) atoms. The number of nitrogens with two attached hydrogens (primary N) is 1. The Morgan fingerprint density at radius 2 is 1.64 bits per heavy atom. The third-order valence-corrected chi connectivity index (χ3v) is 4.13. The second-order valence-electron chi connectivity index (χ2n) is 6.15. The maximum absolute atomic E-state index is 12.5. The van der Waals surface area contributed by atoms with Gasteiger partial charge in [0.05, 0.1) is 12.2 Å². The molecule has 2 rings (SSSR count). The van der Waals surface area contributed by atoms with Gasteiger partial charge >= 0.3 is 6.36 Å². The minimum absolute atomic E-state index is 0.00504. The summed E-state index contributed by atoms with van der Waals surface area (Å²) in [6.07, 6.45) is -4.78. The maximum Gasteiger partial charge on any atom is 0.573 e. The van der Waals surface area contributed by atoms with Crippen LogP contribution in [0.15, 0.2) is 53.5 Å². The van der Waals surface area contributed by atoms with Gasteiger partial charge < -0.3 is 15.8 Å². The molecule has 0 aliphatic carbocycles. The molecular weight excluding hydrogens is 369 g/mol. The molecule has 0 saturated carbocycles. The van der Waals surface area contributed by atoms with Crippen molar-refractivity contribution >= 4 is 11.6 Å². The molecule has 0 amide bonds. The van der Waals surface area contributed by atoms with Gasteiger partial charge in [-0.3, -0.25) is 4.90 Å². The van der Waals surface area contributed by atoms with Crippen molar-refractivity contribution in [3.8, 4) is 5.75 Å². The number of anilines is 1. The first kappa shape index (κ1) is 21.6. The zero-order valence-corrected chi connectivity index (χ0v) is 16.0. The predicted octanol–water partition coefficient (Wildman–Crippen LogP) is 4.35. The Hall–Kier alpha value is -2.74. The fraction of sp³-hybridized carbons (Fsp3) is 0.350. The molecule has 8 heteroatoms. The largest absolute Gasteiger partial charge is 0.573 e. The van der Waals surface area contributed by atoms with Gasteiger partial charge in [-0.05, 0) is 36.3 Å². The van der Waals surface area contributed by atoms with Crippen LogP contribution in [0.2, 0.25) is 0 Å². The molecule has 0 unspecified atom stereocenters. The van der Waals surface area contributed by atoms with Crippen LogP contribution in [0.3, 0.4) is 0 Å². The van der Waals surface area contributed by atoms with Gasteiger partial charge in [0.25, 0.3) is 0 Å².